The molecule has 0 radical (unpaired) electrons. The minimum Gasteiger partial charge on any atom is -0.477 e. The summed E-state index contributed by atoms with van der Waals surface area (Å²) in [7, 11) is 0. The number of rotatable bonds is 9. The van der Waals surface area contributed by atoms with E-state index in [9.17, 15) is 0 Å². The third-order valence-corrected chi connectivity index (χ3v) is 5.48. The Morgan fingerprint density at radius 1 is 1.33 bits per heavy atom. The highest BCUT2D eigenvalue weighted by atomic mass is 16.5. The van der Waals surface area contributed by atoms with Crippen molar-refractivity contribution in [2.24, 2.45) is 5.73 Å². The molecule has 1 atom stereocenters. The van der Waals surface area contributed by atoms with Crippen LogP contribution in [0.4, 0.5) is 5.69 Å². The van der Waals surface area contributed by atoms with Crippen LogP contribution < -0.4 is 15.8 Å². The highest BCUT2D eigenvalue weighted by Gasteiger charge is 2.22. The first kappa shape index (κ1) is 21.6. The summed E-state index contributed by atoms with van der Waals surface area (Å²) in [5.41, 5.74) is 12.7. The first-order valence-electron chi connectivity index (χ1n) is 10.6. The van der Waals surface area contributed by atoms with Crippen molar-refractivity contribution in [1.29, 1.82) is 5.41 Å². The molecule has 3 aromatic rings. The van der Waals surface area contributed by atoms with Gasteiger partial charge in [-0.2, -0.15) is 0 Å². The smallest absolute Gasteiger partial charge is 0.222 e. The van der Waals surface area contributed by atoms with Gasteiger partial charge in [0, 0.05) is 17.9 Å². The minimum atomic E-state index is 0.0898. The molecule has 7 heteroatoms. The second-order valence-corrected chi connectivity index (χ2v) is 7.47. The number of aryl methyl sites for hydroxylation is 1. The number of ether oxygens (including phenoxy) is 1. The molecule has 0 amide bonds. The van der Waals surface area contributed by atoms with Crippen molar-refractivity contribution in [3.05, 3.63) is 35.7 Å². The first-order valence-corrected chi connectivity index (χ1v) is 10.6. The van der Waals surface area contributed by atoms with Gasteiger partial charge in [0.05, 0.1) is 41.1 Å². The Morgan fingerprint density at radius 3 is 2.73 bits per heavy atom. The highest BCUT2D eigenvalue weighted by Crippen LogP contribution is 2.38. The Bertz CT molecular complexity index is 1060. The van der Waals surface area contributed by atoms with E-state index in [1.807, 2.05) is 25.1 Å². The number of aromatic nitrogens is 3. The lowest BCUT2D eigenvalue weighted by atomic mass is 10.1. The Labute approximate surface area is 178 Å². The summed E-state index contributed by atoms with van der Waals surface area (Å²) in [6, 6.07) is 6.21. The van der Waals surface area contributed by atoms with E-state index in [-0.39, 0.29) is 12.4 Å². The summed E-state index contributed by atoms with van der Waals surface area (Å²) >= 11 is 0. The van der Waals surface area contributed by atoms with E-state index in [2.05, 4.69) is 42.6 Å². The van der Waals surface area contributed by atoms with Crippen molar-refractivity contribution < 1.29 is 4.74 Å². The van der Waals surface area contributed by atoms with Crippen LogP contribution in [0.5, 0.6) is 5.88 Å². The van der Waals surface area contributed by atoms with E-state index in [1.165, 1.54) is 11.3 Å². The Balaban J connectivity index is 2.33. The molecule has 30 heavy (non-hydrogen) atoms. The van der Waals surface area contributed by atoms with Gasteiger partial charge in [0.1, 0.15) is 5.84 Å². The van der Waals surface area contributed by atoms with Crippen molar-refractivity contribution in [1.82, 2.24) is 14.5 Å². The lowest BCUT2D eigenvalue weighted by molar-refractivity contribution is 0.328. The molecule has 0 aliphatic rings. The van der Waals surface area contributed by atoms with Crippen LogP contribution in [0.1, 0.15) is 51.4 Å². The Kier molecular flexibility index (Phi) is 6.59. The summed E-state index contributed by atoms with van der Waals surface area (Å²) in [5, 5.41) is 11.0. The van der Waals surface area contributed by atoms with Gasteiger partial charge < -0.3 is 20.4 Å². The quantitative estimate of drug-likeness (QED) is 0.352. The van der Waals surface area contributed by atoms with Crippen molar-refractivity contribution in [3.8, 4) is 17.1 Å². The number of fused-ring (bicyclic) bond motifs is 1. The number of hydrogen-bond acceptors (Lipinski definition) is 5. The largest absolute Gasteiger partial charge is 0.477 e. The third-order valence-electron chi connectivity index (χ3n) is 5.48. The first-order chi connectivity index (χ1) is 14.4. The second kappa shape index (κ2) is 9.15. The lowest BCUT2D eigenvalue weighted by Gasteiger charge is -2.19. The van der Waals surface area contributed by atoms with Gasteiger partial charge in [0.25, 0.3) is 0 Å². The molecule has 3 heterocycles. The normalized spacial score (nSPS) is 12.2. The van der Waals surface area contributed by atoms with Crippen LogP contribution >= 0.6 is 0 Å². The van der Waals surface area contributed by atoms with Crippen LogP contribution in [0.15, 0.2) is 24.4 Å². The maximum absolute atomic E-state index is 7.68. The highest BCUT2D eigenvalue weighted by molar-refractivity contribution is 5.96. The molecule has 0 saturated carbocycles. The molecule has 3 rings (SSSR count). The molecular weight excluding hydrogens is 376 g/mol. The van der Waals surface area contributed by atoms with Crippen LogP contribution in [0.25, 0.3) is 22.3 Å². The molecule has 0 saturated heterocycles. The molecule has 0 aliphatic carbocycles. The second-order valence-electron chi connectivity index (χ2n) is 7.47. The van der Waals surface area contributed by atoms with Crippen LogP contribution in [0.2, 0.25) is 0 Å². The van der Waals surface area contributed by atoms with Crippen LogP contribution in [-0.2, 0) is 6.42 Å². The third kappa shape index (κ3) is 3.97. The molecule has 1 unspecified atom stereocenters. The fourth-order valence-electron chi connectivity index (χ4n) is 3.90. The lowest BCUT2D eigenvalue weighted by Crippen LogP contribution is -2.21. The summed E-state index contributed by atoms with van der Waals surface area (Å²) in [4.78, 5) is 9.45. The fourth-order valence-corrected chi connectivity index (χ4v) is 3.90. The molecule has 160 valence electrons. The van der Waals surface area contributed by atoms with Crippen LogP contribution in [-0.4, -0.2) is 33.5 Å². The number of hydrogen-bond donors (Lipinski definition) is 3. The van der Waals surface area contributed by atoms with Gasteiger partial charge in [-0.1, -0.05) is 13.8 Å². The molecule has 0 aromatic carbocycles. The zero-order valence-electron chi connectivity index (χ0n) is 18.5. The molecule has 7 nitrogen and oxygen atoms in total. The van der Waals surface area contributed by atoms with E-state index in [1.54, 1.807) is 6.20 Å². The predicted molar refractivity (Wildman–Crippen MR) is 124 cm³/mol. The molecule has 0 fully saturated rings. The van der Waals surface area contributed by atoms with E-state index in [0.29, 0.717) is 18.5 Å². The summed E-state index contributed by atoms with van der Waals surface area (Å²) in [5.74, 6) is 0.658. The number of amidine groups is 1. The van der Waals surface area contributed by atoms with E-state index in [4.69, 9.17) is 20.9 Å². The maximum Gasteiger partial charge on any atom is 0.222 e. The number of nitrogens with one attached hydrogen (secondary N) is 2. The monoisotopic (exact) mass is 408 g/mol. The molecule has 0 aliphatic heterocycles. The van der Waals surface area contributed by atoms with Crippen molar-refractivity contribution in [3.63, 3.8) is 0 Å². The average molecular weight is 409 g/mol. The van der Waals surface area contributed by atoms with E-state index in [0.717, 1.165) is 40.8 Å². The summed E-state index contributed by atoms with van der Waals surface area (Å²) in [6.45, 7) is 11.5. The van der Waals surface area contributed by atoms with Crippen molar-refractivity contribution >= 4 is 22.6 Å². The standard InChI is InChI=1S/C23H32N6O/c1-6-14(4)29-19(7-2)15(5)21-22(29)18(27-13-20(24)25)12-17(28-21)16-10-9-11-26-23(16)30-8-3/h9-12,14H,6-8,13H2,1-5H3,(H3,24,25)(H,27,28). The maximum atomic E-state index is 7.68. The van der Waals surface area contributed by atoms with Gasteiger partial charge in [-0.15, -0.1) is 0 Å². The van der Waals surface area contributed by atoms with Gasteiger partial charge in [-0.05, 0) is 57.4 Å². The van der Waals surface area contributed by atoms with Gasteiger partial charge in [0.15, 0.2) is 0 Å². The van der Waals surface area contributed by atoms with Crippen LogP contribution in [0, 0.1) is 12.3 Å². The molecular formula is C23H32N6O. The zero-order valence-corrected chi connectivity index (χ0v) is 18.5. The number of nitrogens with zero attached hydrogens (tertiary/aromatic N) is 3. The minimum absolute atomic E-state index is 0.0898. The van der Waals surface area contributed by atoms with Crippen LogP contribution in [0.3, 0.4) is 0 Å². The average Bonchev–Trinajstić information content (AvgIpc) is 3.03. The number of nitrogens with two attached hydrogens (primary N) is 1. The summed E-state index contributed by atoms with van der Waals surface area (Å²) < 4.78 is 8.13. The number of anilines is 1. The zero-order chi connectivity index (χ0) is 21.8. The molecule has 4 N–H and O–H groups in total. The van der Waals surface area contributed by atoms with Crippen molar-refractivity contribution in [2.45, 2.75) is 53.5 Å². The Morgan fingerprint density at radius 2 is 2.10 bits per heavy atom. The Hall–Kier alpha value is -3.09. The van der Waals surface area contributed by atoms with Gasteiger partial charge >= 0.3 is 0 Å². The van der Waals surface area contributed by atoms with Crippen molar-refractivity contribution in [2.75, 3.05) is 18.5 Å². The van der Waals surface area contributed by atoms with E-state index >= 15 is 0 Å². The molecule has 0 spiro atoms. The van der Waals surface area contributed by atoms with E-state index < -0.39 is 0 Å². The topological polar surface area (TPSA) is 102 Å². The van der Waals surface area contributed by atoms with Gasteiger partial charge in [-0.25, -0.2) is 9.97 Å². The molecule has 0 bridgehead atoms. The molecule has 3 aromatic heterocycles. The predicted octanol–water partition coefficient (Wildman–Crippen LogP) is 4.69. The van der Waals surface area contributed by atoms with Gasteiger partial charge in [0.2, 0.25) is 5.88 Å². The fraction of sp³-hybridized carbons (Fsp3) is 0.435. The SMILES string of the molecule is CCOc1ncccc1-c1cc(NCC(=N)N)c2c(n1)c(C)c(CC)n2C(C)CC. The summed E-state index contributed by atoms with van der Waals surface area (Å²) in [6.07, 6.45) is 3.66. The number of pyridine rings is 2. The van der Waals surface area contributed by atoms with Gasteiger partial charge in [-0.3, -0.25) is 5.41 Å².